The Kier molecular flexibility index (Phi) is 6.89. The highest BCUT2D eigenvalue weighted by Gasteiger charge is 2.29. The maximum Gasteiger partial charge on any atom is 0.330 e. The van der Waals surface area contributed by atoms with E-state index in [4.69, 9.17) is 0 Å². The first-order chi connectivity index (χ1) is 12.1. The number of carbonyl (C=O) groups excluding carboxylic acids is 1. The van der Waals surface area contributed by atoms with Crippen LogP contribution in [0.3, 0.4) is 0 Å². The molecule has 2 rings (SSSR count). The number of rotatable bonds is 8. The first-order valence-electron chi connectivity index (χ1n) is 8.11. The van der Waals surface area contributed by atoms with E-state index in [0.29, 0.717) is 0 Å². The first-order valence-corrected chi connectivity index (χ1v) is 8.11. The molecular weight excluding hydrogens is 318 g/mol. The van der Waals surface area contributed by atoms with Gasteiger partial charge in [0.15, 0.2) is 0 Å². The molecule has 0 bridgehead atoms. The predicted octanol–water partition coefficient (Wildman–Crippen LogP) is 2.96. The topological polar surface area (TPSA) is 69.6 Å². The summed E-state index contributed by atoms with van der Waals surface area (Å²) in [7, 11) is 1.29. The van der Waals surface area contributed by atoms with Crippen LogP contribution in [0.1, 0.15) is 17.2 Å². The van der Waals surface area contributed by atoms with Crippen molar-refractivity contribution in [3.63, 3.8) is 0 Å². The highest BCUT2D eigenvalue weighted by molar-refractivity contribution is 5.81. The summed E-state index contributed by atoms with van der Waals surface area (Å²) in [6.07, 6.45) is 2.75. The van der Waals surface area contributed by atoms with E-state index in [-0.39, 0.29) is 19.7 Å². The maximum absolute atomic E-state index is 13.6. The lowest BCUT2D eigenvalue weighted by atomic mass is 10.0. The third-order valence-electron chi connectivity index (χ3n) is 4.09. The van der Waals surface area contributed by atoms with Gasteiger partial charge in [0.2, 0.25) is 0 Å². The SMILES string of the molecule is COC(=O)/C=C/C[N+]([O-])(Cc1ccccc1)[C@@H](CO)c1ccccc1. The summed E-state index contributed by atoms with van der Waals surface area (Å²) < 4.78 is 3.87. The van der Waals surface area contributed by atoms with Crippen molar-refractivity contribution in [2.45, 2.75) is 12.6 Å². The van der Waals surface area contributed by atoms with E-state index in [1.807, 2.05) is 60.7 Å². The molecule has 0 fully saturated rings. The fraction of sp³-hybridized carbons (Fsp3) is 0.250. The fourth-order valence-electron chi connectivity index (χ4n) is 2.79. The minimum atomic E-state index is -0.696. The number of hydrogen-bond donors (Lipinski definition) is 1. The van der Waals surface area contributed by atoms with E-state index >= 15 is 0 Å². The molecular formula is C20H23NO4. The number of quaternary nitrogens is 1. The van der Waals surface area contributed by atoms with Crippen LogP contribution < -0.4 is 0 Å². The molecule has 0 spiro atoms. The number of nitrogens with zero attached hydrogens (tertiary/aromatic N) is 1. The van der Waals surface area contributed by atoms with E-state index in [2.05, 4.69) is 4.74 Å². The van der Waals surface area contributed by atoms with Gasteiger partial charge in [-0.25, -0.2) is 4.79 Å². The van der Waals surface area contributed by atoms with Gasteiger partial charge in [0.1, 0.15) is 12.6 Å². The monoisotopic (exact) mass is 341 g/mol. The molecule has 2 aromatic rings. The number of hydrogen-bond acceptors (Lipinski definition) is 4. The summed E-state index contributed by atoms with van der Waals surface area (Å²) in [6.45, 7) is -0.0526. The average Bonchev–Trinajstić information content (AvgIpc) is 2.63. The van der Waals surface area contributed by atoms with Crippen LogP contribution in [0.25, 0.3) is 0 Å². The van der Waals surface area contributed by atoms with E-state index in [9.17, 15) is 15.1 Å². The normalized spacial score (nSPS) is 14.8. The molecule has 5 heteroatoms. The number of carbonyl (C=O) groups is 1. The van der Waals surface area contributed by atoms with Crippen LogP contribution >= 0.6 is 0 Å². The van der Waals surface area contributed by atoms with Crippen LogP contribution in [0.15, 0.2) is 72.8 Å². The largest absolute Gasteiger partial charge is 0.632 e. The number of aliphatic hydroxyl groups is 1. The zero-order valence-corrected chi connectivity index (χ0v) is 14.2. The third kappa shape index (κ3) is 5.26. The van der Waals surface area contributed by atoms with E-state index in [1.165, 1.54) is 19.3 Å². The molecule has 0 aliphatic rings. The molecule has 0 saturated carbocycles. The van der Waals surface area contributed by atoms with Crippen LogP contribution in [0.5, 0.6) is 0 Å². The highest BCUT2D eigenvalue weighted by Crippen LogP contribution is 2.30. The van der Waals surface area contributed by atoms with Crippen LogP contribution in [0.4, 0.5) is 0 Å². The summed E-state index contributed by atoms with van der Waals surface area (Å²) in [5, 5.41) is 23.6. The number of aliphatic hydroxyl groups excluding tert-OH is 1. The molecule has 0 aliphatic heterocycles. The molecule has 2 aromatic carbocycles. The van der Waals surface area contributed by atoms with Crippen molar-refractivity contribution < 1.29 is 19.3 Å². The van der Waals surface area contributed by atoms with E-state index < -0.39 is 16.7 Å². The second-order valence-corrected chi connectivity index (χ2v) is 5.81. The predicted molar refractivity (Wildman–Crippen MR) is 96.1 cm³/mol. The lowest BCUT2D eigenvalue weighted by Crippen LogP contribution is -2.46. The minimum absolute atomic E-state index is 0.0457. The van der Waals surface area contributed by atoms with Crippen molar-refractivity contribution in [1.29, 1.82) is 0 Å². The van der Waals surface area contributed by atoms with E-state index in [0.717, 1.165) is 11.1 Å². The van der Waals surface area contributed by atoms with Gasteiger partial charge in [-0.1, -0.05) is 60.7 Å². The maximum atomic E-state index is 13.6. The Morgan fingerprint density at radius 3 is 2.32 bits per heavy atom. The Balaban J connectivity index is 2.32. The highest BCUT2D eigenvalue weighted by atomic mass is 16.5. The zero-order chi connectivity index (χ0) is 18.1. The van der Waals surface area contributed by atoms with Crippen LogP contribution in [0.2, 0.25) is 0 Å². The standard InChI is InChI=1S/C20H23NO4/c1-25-20(23)13-8-14-21(24,15-17-9-4-2-5-10-17)19(16-22)18-11-6-3-7-12-18/h2-13,19,22H,14-16H2,1H3/b13-8+/t19-,21?/m0/s1. The molecule has 25 heavy (non-hydrogen) atoms. The van der Waals surface area contributed by atoms with Crippen LogP contribution in [0, 0.1) is 5.21 Å². The number of benzene rings is 2. The molecule has 0 aliphatic carbocycles. The Hall–Kier alpha value is -2.47. The molecule has 132 valence electrons. The molecule has 1 N–H and O–H groups in total. The van der Waals surface area contributed by atoms with Gasteiger partial charge in [0, 0.05) is 17.2 Å². The Bertz CT molecular complexity index is 687. The lowest BCUT2D eigenvalue weighted by molar-refractivity contribution is -0.919. The molecule has 1 unspecified atom stereocenters. The second-order valence-electron chi connectivity index (χ2n) is 5.81. The second kappa shape index (κ2) is 9.13. The van der Waals surface area contributed by atoms with Gasteiger partial charge in [0.05, 0.1) is 20.3 Å². The van der Waals surface area contributed by atoms with Gasteiger partial charge < -0.3 is 19.7 Å². The molecule has 0 amide bonds. The van der Waals surface area contributed by atoms with Crippen molar-refractivity contribution >= 4 is 5.97 Å². The van der Waals surface area contributed by atoms with Gasteiger partial charge in [-0.15, -0.1) is 0 Å². The summed E-state index contributed by atoms with van der Waals surface area (Å²) in [4.78, 5) is 11.3. The number of methoxy groups -OCH3 is 1. The summed E-state index contributed by atoms with van der Waals surface area (Å²) in [5.74, 6) is -0.508. The minimum Gasteiger partial charge on any atom is -0.632 e. The van der Waals surface area contributed by atoms with Gasteiger partial charge in [-0.3, -0.25) is 0 Å². The third-order valence-corrected chi connectivity index (χ3v) is 4.09. The van der Waals surface area contributed by atoms with Gasteiger partial charge >= 0.3 is 5.97 Å². The Morgan fingerprint density at radius 1 is 1.16 bits per heavy atom. The van der Waals surface area contributed by atoms with Crippen LogP contribution in [-0.2, 0) is 16.1 Å². The summed E-state index contributed by atoms with van der Waals surface area (Å²) >= 11 is 0. The summed E-state index contributed by atoms with van der Waals surface area (Å²) in [6, 6.07) is 18.0. The Morgan fingerprint density at radius 2 is 1.76 bits per heavy atom. The molecule has 2 atom stereocenters. The number of hydroxylamine groups is 3. The smallest absolute Gasteiger partial charge is 0.330 e. The molecule has 0 radical (unpaired) electrons. The van der Waals surface area contributed by atoms with Crippen molar-refractivity contribution in [1.82, 2.24) is 0 Å². The molecule has 0 aromatic heterocycles. The van der Waals surface area contributed by atoms with Crippen molar-refractivity contribution in [2.75, 3.05) is 20.3 Å². The van der Waals surface area contributed by atoms with Gasteiger partial charge in [-0.2, -0.15) is 0 Å². The van der Waals surface area contributed by atoms with Crippen molar-refractivity contribution in [2.24, 2.45) is 0 Å². The van der Waals surface area contributed by atoms with Gasteiger partial charge in [-0.05, 0) is 6.08 Å². The quantitative estimate of drug-likeness (QED) is 0.347. The van der Waals surface area contributed by atoms with E-state index in [1.54, 1.807) is 0 Å². The molecule has 5 nitrogen and oxygen atoms in total. The van der Waals surface area contributed by atoms with Gasteiger partial charge in [0.25, 0.3) is 0 Å². The molecule has 0 heterocycles. The molecule has 0 saturated heterocycles. The zero-order valence-electron chi connectivity index (χ0n) is 14.2. The number of esters is 1. The van der Waals surface area contributed by atoms with Crippen molar-refractivity contribution in [3.05, 3.63) is 89.1 Å². The number of ether oxygens (including phenoxy) is 1. The first kappa shape index (κ1) is 18.9. The average molecular weight is 341 g/mol. The fourth-order valence-corrected chi connectivity index (χ4v) is 2.79. The van der Waals surface area contributed by atoms with Crippen molar-refractivity contribution in [3.8, 4) is 0 Å². The van der Waals surface area contributed by atoms with Crippen LogP contribution in [-0.4, -0.2) is 36.0 Å². The lowest BCUT2D eigenvalue weighted by Gasteiger charge is -2.48. The summed E-state index contributed by atoms with van der Waals surface area (Å²) in [5.41, 5.74) is 1.64. The Labute approximate surface area is 148 Å².